The first-order chi connectivity index (χ1) is 9.29. The summed E-state index contributed by atoms with van der Waals surface area (Å²) in [6.07, 6.45) is 0.0925. The summed E-state index contributed by atoms with van der Waals surface area (Å²) < 4.78 is 26.5. The van der Waals surface area contributed by atoms with Crippen LogP contribution in [-0.2, 0) is 12.0 Å². The highest BCUT2D eigenvalue weighted by Crippen LogP contribution is 2.32. The Balaban J connectivity index is 2.37. The lowest BCUT2D eigenvalue weighted by molar-refractivity contribution is 0.0569. The quantitative estimate of drug-likeness (QED) is 0.868. The van der Waals surface area contributed by atoms with E-state index in [4.69, 9.17) is 23.2 Å². The van der Waals surface area contributed by atoms with Gasteiger partial charge < -0.3 is 5.11 Å². The van der Waals surface area contributed by atoms with Crippen molar-refractivity contribution in [3.63, 3.8) is 0 Å². The molecule has 0 aromatic heterocycles. The predicted octanol–water partition coefficient (Wildman–Crippen LogP) is 4.72. The van der Waals surface area contributed by atoms with Crippen LogP contribution in [0.3, 0.4) is 0 Å². The van der Waals surface area contributed by atoms with Gasteiger partial charge in [0.05, 0.1) is 15.6 Å². The van der Waals surface area contributed by atoms with Gasteiger partial charge in [-0.25, -0.2) is 8.78 Å². The summed E-state index contributed by atoms with van der Waals surface area (Å²) in [6, 6.07) is 7.99. The fraction of sp³-hybridized carbons (Fsp3) is 0.200. The molecule has 5 heteroatoms. The van der Waals surface area contributed by atoms with E-state index in [2.05, 4.69) is 0 Å². The highest BCUT2D eigenvalue weighted by atomic mass is 35.5. The molecular formula is C15H12Cl2F2O. The highest BCUT2D eigenvalue weighted by Gasteiger charge is 2.26. The lowest BCUT2D eigenvalue weighted by Gasteiger charge is -2.25. The summed E-state index contributed by atoms with van der Waals surface area (Å²) >= 11 is 12.0. The molecule has 0 saturated heterocycles. The number of halogens is 4. The van der Waals surface area contributed by atoms with E-state index in [1.165, 1.54) is 6.92 Å². The Morgan fingerprint density at radius 1 is 1.10 bits per heavy atom. The third-order valence-corrected chi connectivity index (χ3v) is 3.91. The van der Waals surface area contributed by atoms with Crippen molar-refractivity contribution in [2.45, 2.75) is 18.9 Å². The predicted molar refractivity (Wildman–Crippen MR) is 76.1 cm³/mol. The first-order valence-corrected chi connectivity index (χ1v) is 6.67. The molecule has 0 aliphatic heterocycles. The van der Waals surface area contributed by atoms with Crippen molar-refractivity contribution in [3.05, 3.63) is 69.2 Å². The molecule has 0 radical (unpaired) electrons. The summed E-state index contributed by atoms with van der Waals surface area (Å²) in [6.45, 7) is 1.47. The number of benzene rings is 2. The lowest BCUT2D eigenvalue weighted by atomic mass is 9.89. The van der Waals surface area contributed by atoms with Crippen LogP contribution in [0.4, 0.5) is 8.78 Å². The molecule has 1 atom stereocenters. The molecule has 0 amide bonds. The van der Waals surface area contributed by atoms with Crippen LogP contribution in [0.1, 0.15) is 18.1 Å². The van der Waals surface area contributed by atoms with Crippen LogP contribution in [-0.4, -0.2) is 5.11 Å². The minimum absolute atomic E-state index is 0.0925. The van der Waals surface area contributed by atoms with Gasteiger partial charge in [-0.3, -0.25) is 0 Å². The Morgan fingerprint density at radius 3 is 2.30 bits per heavy atom. The average Bonchev–Trinajstić information content (AvgIpc) is 2.33. The zero-order valence-corrected chi connectivity index (χ0v) is 12.1. The molecule has 2 rings (SSSR count). The maximum Gasteiger partial charge on any atom is 0.126 e. The van der Waals surface area contributed by atoms with E-state index in [9.17, 15) is 13.9 Å². The van der Waals surface area contributed by atoms with E-state index >= 15 is 0 Å². The van der Waals surface area contributed by atoms with Gasteiger partial charge in [0.15, 0.2) is 0 Å². The van der Waals surface area contributed by atoms with E-state index in [0.717, 1.165) is 18.2 Å². The first-order valence-electron chi connectivity index (χ1n) is 5.91. The van der Waals surface area contributed by atoms with Crippen molar-refractivity contribution < 1.29 is 13.9 Å². The van der Waals surface area contributed by atoms with Gasteiger partial charge in [-0.1, -0.05) is 35.3 Å². The molecule has 2 aromatic rings. The molecule has 1 N–H and O–H groups in total. The van der Waals surface area contributed by atoms with Crippen molar-refractivity contribution in [3.8, 4) is 0 Å². The second-order valence-corrected chi connectivity index (χ2v) is 5.61. The van der Waals surface area contributed by atoms with Crippen LogP contribution in [0.25, 0.3) is 0 Å². The summed E-state index contributed by atoms with van der Waals surface area (Å²) in [5, 5.41) is 11.2. The molecule has 0 spiro atoms. The fourth-order valence-electron chi connectivity index (χ4n) is 2.02. The van der Waals surface area contributed by atoms with Crippen molar-refractivity contribution in [1.82, 2.24) is 0 Å². The number of hydrogen-bond donors (Lipinski definition) is 1. The van der Waals surface area contributed by atoms with Crippen molar-refractivity contribution >= 4 is 23.2 Å². The van der Waals surface area contributed by atoms with Crippen molar-refractivity contribution in [2.24, 2.45) is 0 Å². The summed E-state index contributed by atoms with van der Waals surface area (Å²) in [4.78, 5) is 0. The van der Waals surface area contributed by atoms with Crippen LogP contribution >= 0.6 is 23.2 Å². The van der Waals surface area contributed by atoms with Gasteiger partial charge in [0.25, 0.3) is 0 Å². The molecule has 0 bridgehead atoms. The average molecular weight is 317 g/mol. The number of hydrogen-bond acceptors (Lipinski definition) is 1. The van der Waals surface area contributed by atoms with E-state index in [1.54, 1.807) is 18.2 Å². The van der Waals surface area contributed by atoms with Crippen molar-refractivity contribution in [2.75, 3.05) is 0 Å². The molecule has 0 saturated carbocycles. The molecule has 0 aliphatic rings. The smallest absolute Gasteiger partial charge is 0.126 e. The Hall–Kier alpha value is -1.16. The molecule has 2 aromatic carbocycles. The van der Waals surface area contributed by atoms with Gasteiger partial charge in [0, 0.05) is 12.5 Å². The molecule has 1 unspecified atom stereocenters. The fourth-order valence-corrected chi connectivity index (χ4v) is 2.41. The first kappa shape index (κ1) is 15.2. The van der Waals surface area contributed by atoms with E-state index < -0.39 is 17.2 Å². The lowest BCUT2D eigenvalue weighted by Crippen LogP contribution is -2.25. The minimum atomic E-state index is -1.46. The maximum absolute atomic E-state index is 13.2. The monoisotopic (exact) mass is 316 g/mol. The van der Waals surface area contributed by atoms with E-state index in [1.807, 2.05) is 0 Å². The van der Waals surface area contributed by atoms with Gasteiger partial charge in [-0.05, 0) is 36.2 Å². The van der Waals surface area contributed by atoms with Crippen LogP contribution in [0.5, 0.6) is 0 Å². The molecule has 0 heterocycles. The largest absolute Gasteiger partial charge is 0.385 e. The molecular weight excluding hydrogens is 305 g/mol. The topological polar surface area (TPSA) is 20.2 Å². The normalized spacial score (nSPS) is 14.1. The van der Waals surface area contributed by atoms with Crippen LogP contribution < -0.4 is 0 Å². The molecule has 0 aliphatic carbocycles. The zero-order chi connectivity index (χ0) is 14.9. The molecule has 106 valence electrons. The SMILES string of the molecule is CC(O)(Cc1cccc(Cl)c1Cl)c1cc(F)cc(F)c1. The Bertz CT molecular complexity index is 622. The number of rotatable bonds is 3. The van der Waals surface area contributed by atoms with Crippen LogP contribution in [0.2, 0.25) is 10.0 Å². The molecule has 1 nitrogen and oxygen atoms in total. The maximum atomic E-state index is 13.2. The second kappa shape index (κ2) is 5.68. The Morgan fingerprint density at radius 2 is 1.70 bits per heavy atom. The van der Waals surface area contributed by atoms with Gasteiger partial charge in [-0.2, -0.15) is 0 Å². The Labute approximate surface area is 125 Å². The highest BCUT2D eigenvalue weighted by molar-refractivity contribution is 6.42. The standard InChI is InChI=1S/C15H12Cl2F2O/c1-15(20,10-5-11(18)7-12(19)6-10)8-9-3-2-4-13(16)14(9)17/h2-7,20H,8H2,1H3. The van der Waals surface area contributed by atoms with Gasteiger partial charge >= 0.3 is 0 Å². The second-order valence-electron chi connectivity index (χ2n) is 4.82. The van der Waals surface area contributed by atoms with Gasteiger partial charge in [-0.15, -0.1) is 0 Å². The summed E-state index contributed by atoms with van der Waals surface area (Å²) in [5.74, 6) is -1.48. The zero-order valence-electron chi connectivity index (χ0n) is 10.6. The van der Waals surface area contributed by atoms with E-state index in [-0.39, 0.29) is 12.0 Å². The molecule has 0 fully saturated rings. The Kier molecular flexibility index (Phi) is 4.33. The van der Waals surface area contributed by atoms with E-state index in [0.29, 0.717) is 15.6 Å². The third-order valence-electron chi connectivity index (χ3n) is 3.05. The van der Waals surface area contributed by atoms with Crippen LogP contribution in [0, 0.1) is 11.6 Å². The van der Waals surface area contributed by atoms with Gasteiger partial charge in [0.1, 0.15) is 11.6 Å². The third kappa shape index (κ3) is 3.29. The van der Waals surface area contributed by atoms with Gasteiger partial charge in [0.2, 0.25) is 0 Å². The summed E-state index contributed by atoms with van der Waals surface area (Å²) in [5.41, 5.74) is -0.711. The number of aliphatic hydroxyl groups is 1. The molecule has 20 heavy (non-hydrogen) atoms. The van der Waals surface area contributed by atoms with Crippen LogP contribution in [0.15, 0.2) is 36.4 Å². The summed E-state index contributed by atoms with van der Waals surface area (Å²) in [7, 11) is 0. The van der Waals surface area contributed by atoms with Crippen molar-refractivity contribution in [1.29, 1.82) is 0 Å². The minimum Gasteiger partial charge on any atom is -0.385 e.